The van der Waals surface area contributed by atoms with Gasteiger partial charge in [0.2, 0.25) is 0 Å². The van der Waals surface area contributed by atoms with Crippen LogP contribution in [0.15, 0.2) is 53.6 Å². The third-order valence-corrected chi connectivity index (χ3v) is 3.73. The predicted molar refractivity (Wildman–Crippen MR) is 91.0 cm³/mol. The molecule has 0 saturated carbocycles. The minimum atomic E-state index is 1.32. The van der Waals surface area contributed by atoms with Gasteiger partial charge in [-0.2, -0.15) is 0 Å². The zero-order chi connectivity index (χ0) is 14.6. The summed E-state index contributed by atoms with van der Waals surface area (Å²) in [5.74, 6) is 0. The van der Waals surface area contributed by atoms with E-state index in [9.17, 15) is 0 Å². The SMILES string of the molecule is CC1=CCCC1.CC1=CCCCC1.Cc1ccccc1. The van der Waals surface area contributed by atoms with Gasteiger partial charge >= 0.3 is 0 Å². The molecule has 2 aliphatic carbocycles. The lowest BCUT2D eigenvalue weighted by atomic mass is 10.0. The van der Waals surface area contributed by atoms with Gasteiger partial charge in [-0.3, -0.25) is 0 Å². The Kier molecular flexibility index (Phi) is 8.78. The number of allylic oxidation sites excluding steroid dienone is 4. The molecule has 0 aromatic heterocycles. The number of hydrogen-bond donors (Lipinski definition) is 0. The summed E-state index contributed by atoms with van der Waals surface area (Å²) in [7, 11) is 0. The van der Waals surface area contributed by atoms with Crippen molar-refractivity contribution in [3.05, 3.63) is 59.2 Å². The van der Waals surface area contributed by atoms with E-state index in [0.717, 1.165) is 0 Å². The molecule has 0 atom stereocenters. The maximum atomic E-state index is 2.35. The van der Waals surface area contributed by atoms with E-state index < -0.39 is 0 Å². The second kappa shape index (κ2) is 10.5. The van der Waals surface area contributed by atoms with Crippen molar-refractivity contribution in [3.8, 4) is 0 Å². The van der Waals surface area contributed by atoms with Gasteiger partial charge < -0.3 is 0 Å². The standard InChI is InChI=1S/C7H12.C7H8.C6H10/c2*1-7-5-3-2-4-6-7;1-6-4-2-3-5-6/h5H,2-4,6H2,1H3;2-6H,1H3;4H,2-3,5H2,1H3. The molecule has 1 aromatic carbocycles. The van der Waals surface area contributed by atoms with E-state index in [0.29, 0.717) is 0 Å². The van der Waals surface area contributed by atoms with Crippen molar-refractivity contribution in [2.24, 2.45) is 0 Å². The van der Waals surface area contributed by atoms with Crippen LogP contribution in [0.1, 0.15) is 64.4 Å². The lowest BCUT2D eigenvalue weighted by molar-refractivity contribution is 0.702. The van der Waals surface area contributed by atoms with E-state index in [4.69, 9.17) is 0 Å². The summed E-state index contributed by atoms with van der Waals surface area (Å²) < 4.78 is 0. The minimum absolute atomic E-state index is 1.32. The van der Waals surface area contributed by atoms with E-state index in [1.165, 1.54) is 50.5 Å². The molecule has 0 spiro atoms. The smallest absolute Gasteiger partial charge is 0.0320 e. The lowest BCUT2D eigenvalue weighted by Crippen LogP contribution is -1.85. The van der Waals surface area contributed by atoms with Crippen LogP contribution in [0.4, 0.5) is 0 Å². The van der Waals surface area contributed by atoms with Crippen molar-refractivity contribution in [3.63, 3.8) is 0 Å². The van der Waals surface area contributed by atoms with Crippen molar-refractivity contribution < 1.29 is 0 Å². The molecule has 0 aliphatic heterocycles. The quantitative estimate of drug-likeness (QED) is 0.465. The molecule has 2 aliphatic rings. The number of hydrogen-bond acceptors (Lipinski definition) is 0. The molecule has 0 nitrogen and oxygen atoms in total. The first-order valence-electron chi connectivity index (χ1n) is 8.01. The number of aryl methyl sites for hydroxylation is 1. The van der Waals surface area contributed by atoms with Crippen LogP contribution < -0.4 is 0 Å². The van der Waals surface area contributed by atoms with Gasteiger partial charge in [0, 0.05) is 0 Å². The van der Waals surface area contributed by atoms with Gasteiger partial charge in [0.15, 0.2) is 0 Å². The Morgan fingerprint density at radius 3 is 1.45 bits per heavy atom. The van der Waals surface area contributed by atoms with Crippen molar-refractivity contribution >= 4 is 0 Å². The largest absolute Gasteiger partial charge is 0.0856 e. The molecule has 0 amide bonds. The molecule has 0 fully saturated rings. The summed E-state index contributed by atoms with van der Waals surface area (Å²) in [4.78, 5) is 0. The van der Waals surface area contributed by atoms with Crippen LogP contribution in [0.25, 0.3) is 0 Å². The molecule has 20 heavy (non-hydrogen) atoms. The van der Waals surface area contributed by atoms with Crippen LogP contribution in [-0.4, -0.2) is 0 Å². The average molecular weight is 270 g/mol. The lowest BCUT2D eigenvalue weighted by Gasteiger charge is -2.05. The molecular weight excluding hydrogens is 240 g/mol. The van der Waals surface area contributed by atoms with Gasteiger partial charge in [-0.15, -0.1) is 0 Å². The molecule has 0 heterocycles. The summed E-state index contributed by atoms with van der Waals surface area (Å²) in [6.45, 7) is 6.51. The van der Waals surface area contributed by atoms with Crippen molar-refractivity contribution in [2.45, 2.75) is 65.7 Å². The second-order valence-corrected chi connectivity index (χ2v) is 5.89. The zero-order valence-electron chi connectivity index (χ0n) is 13.5. The summed E-state index contributed by atoms with van der Waals surface area (Å²) in [6, 6.07) is 10.3. The van der Waals surface area contributed by atoms with Gasteiger partial charge in [0.05, 0.1) is 0 Å². The van der Waals surface area contributed by atoms with Crippen molar-refractivity contribution in [2.75, 3.05) is 0 Å². The average Bonchev–Trinajstić information content (AvgIpc) is 2.93. The summed E-state index contributed by atoms with van der Waals surface area (Å²) in [5, 5.41) is 0. The topological polar surface area (TPSA) is 0 Å². The second-order valence-electron chi connectivity index (χ2n) is 5.89. The summed E-state index contributed by atoms with van der Waals surface area (Å²) >= 11 is 0. The third kappa shape index (κ3) is 8.74. The molecule has 1 aromatic rings. The van der Waals surface area contributed by atoms with E-state index in [1.807, 2.05) is 18.2 Å². The van der Waals surface area contributed by atoms with Gasteiger partial charge in [-0.05, 0) is 65.7 Å². The molecule has 3 rings (SSSR count). The molecule has 0 radical (unpaired) electrons. The van der Waals surface area contributed by atoms with E-state index in [2.05, 4.69) is 45.1 Å². The van der Waals surface area contributed by atoms with E-state index in [-0.39, 0.29) is 0 Å². The van der Waals surface area contributed by atoms with Gasteiger partial charge in [0.1, 0.15) is 0 Å². The van der Waals surface area contributed by atoms with Gasteiger partial charge in [-0.25, -0.2) is 0 Å². The molecule has 0 bridgehead atoms. The minimum Gasteiger partial charge on any atom is -0.0856 e. The van der Waals surface area contributed by atoms with Crippen molar-refractivity contribution in [1.29, 1.82) is 0 Å². The third-order valence-electron chi connectivity index (χ3n) is 3.73. The first-order valence-corrected chi connectivity index (χ1v) is 8.01. The Balaban J connectivity index is 0.000000151. The fraction of sp³-hybridized carbons (Fsp3) is 0.500. The highest BCUT2D eigenvalue weighted by Gasteiger charge is 1.95. The van der Waals surface area contributed by atoms with Crippen LogP contribution in [0.3, 0.4) is 0 Å². The predicted octanol–water partition coefficient (Wildman–Crippen LogP) is 6.62. The van der Waals surface area contributed by atoms with Gasteiger partial charge in [-0.1, -0.05) is 59.2 Å². The van der Waals surface area contributed by atoms with Gasteiger partial charge in [0.25, 0.3) is 0 Å². The number of benzene rings is 1. The summed E-state index contributed by atoms with van der Waals surface area (Å²) in [6.07, 6.45) is 14.2. The molecule has 110 valence electrons. The highest BCUT2D eigenvalue weighted by molar-refractivity contribution is 5.11. The molecule has 0 unspecified atom stereocenters. The maximum Gasteiger partial charge on any atom is -0.0320 e. The zero-order valence-corrected chi connectivity index (χ0v) is 13.5. The fourth-order valence-corrected chi connectivity index (χ4v) is 2.36. The van der Waals surface area contributed by atoms with Crippen molar-refractivity contribution in [1.82, 2.24) is 0 Å². The Morgan fingerprint density at radius 1 is 0.650 bits per heavy atom. The van der Waals surface area contributed by atoms with Crippen LogP contribution >= 0.6 is 0 Å². The fourth-order valence-electron chi connectivity index (χ4n) is 2.36. The maximum absolute atomic E-state index is 2.35. The normalized spacial score (nSPS) is 16.9. The first-order chi connectivity index (χ1) is 9.68. The molecule has 0 N–H and O–H groups in total. The van der Waals surface area contributed by atoms with Crippen LogP contribution in [0.5, 0.6) is 0 Å². The molecular formula is C20H30. The molecule has 0 saturated heterocycles. The van der Waals surface area contributed by atoms with E-state index in [1.54, 1.807) is 11.1 Å². The van der Waals surface area contributed by atoms with E-state index >= 15 is 0 Å². The Hall–Kier alpha value is -1.30. The van der Waals surface area contributed by atoms with Crippen LogP contribution in [0, 0.1) is 6.92 Å². The Morgan fingerprint density at radius 2 is 1.20 bits per heavy atom. The summed E-state index contributed by atoms with van der Waals surface area (Å²) in [5.41, 5.74) is 4.49. The van der Waals surface area contributed by atoms with Crippen LogP contribution in [0.2, 0.25) is 0 Å². The van der Waals surface area contributed by atoms with Crippen LogP contribution in [-0.2, 0) is 0 Å². The first kappa shape index (κ1) is 16.8. The Labute approximate surface area is 125 Å². The Bertz CT molecular complexity index is 409. The highest BCUT2D eigenvalue weighted by atomic mass is 14.0. The highest BCUT2D eigenvalue weighted by Crippen LogP contribution is 2.15. The number of rotatable bonds is 0. The monoisotopic (exact) mass is 270 g/mol. The molecule has 0 heteroatoms.